The molecule has 1 aromatic carbocycles. The second-order valence-electron chi connectivity index (χ2n) is 8.43. The predicted molar refractivity (Wildman–Crippen MR) is 122 cm³/mol. The first kappa shape index (κ1) is 22.8. The van der Waals surface area contributed by atoms with E-state index in [9.17, 15) is 13.6 Å². The Morgan fingerprint density at radius 3 is 2.78 bits per heavy atom. The maximum atomic E-state index is 12.3. The second-order valence-corrected chi connectivity index (χ2v) is 10.8. The van der Waals surface area contributed by atoms with Gasteiger partial charge in [0, 0.05) is 29.3 Å². The van der Waals surface area contributed by atoms with Crippen molar-refractivity contribution in [2.45, 2.75) is 51.1 Å². The van der Waals surface area contributed by atoms with Gasteiger partial charge in [0.05, 0.1) is 6.26 Å². The molecule has 3 N–H and O–H groups in total. The van der Waals surface area contributed by atoms with Gasteiger partial charge in [0.2, 0.25) is 21.7 Å². The second kappa shape index (κ2) is 9.24. The van der Waals surface area contributed by atoms with Crippen LogP contribution in [0.3, 0.4) is 0 Å². The third-order valence-electron chi connectivity index (χ3n) is 6.31. The van der Waals surface area contributed by atoms with Crippen LogP contribution in [0.4, 0.5) is 11.5 Å². The lowest BCUT2D eigenvalue weighted by molar-refractivity contribution is 0.117. The number of halogens is 1. The maximum Gasteiger partial charge on any atom is 0.211 e. The number of nitrogens with zero attached hydrogens (tertiary/aromatic N) is 4. The standard InChI is InChI=1S/C20H27ClN6O4S/c1-12-11-13(7-8-15(12)21)22-19(24-28)18-20(26-31-25-18)23-16-9-10-27(32(2,29)30)17-6-4-3-5-14(16)17/h7-8,11,14,16-17,28H,3-6,9-10H2,1-2H3,(H,22,24)(H,23,26). The summed E-state index contributed by atoms with van der Waals surface area (Å²) in [5, 5.41) is 27.9. The number of aryl methyl sites for hydroxylation is 1. The first-order valence-corrected chi connectivity index (χ1v) is 12.8. The van der Waals surface area contributed by atoms with Gasteiger partial charge in [0.25, 0.3) is 0 Å². The Kier molecular flexibility index (Phi) is 6.59. The highest BCUT2D eigenvalue weighted by Crippen LogP contribution is 2.38. The molecule has 4 rings (SSSR count). The molecule has 0 bridgehead atoms. The lowest BCUT2D eigenvalue weighted by Crippen LogP contribution is -2.56. The van der Waals surface area contributed by atoms with Gasteiger partial charge >= 0.3 is 0 Å². The van der Waals surface area contributed by atoms with Crippen LogP contribution in [-0.2, 0) is 10.0 Å². The molecule has 12 heteroatoms. The molecular weight excluding hydrogens is 456 g/mol. The van der Waals surface area contributed by atoms with Gasteiger partial charge in [-0.15, -0.1) is 0 Å². The summed E-state index contributed by atoms with van der Waals surface area (Å²) in [5.74, 6) is 0.570. The van der Waals surface area contributed by atoms with Crippen LogP contribution in [0.25, 0.3) is 0 Å². The van der Waals surface area contributed by atoms with Gasteiger partial charge in [-0.05, 0) is 66.2 Å². The molecule has 1 aromatic heterocycles. The summed E-state index contributed by atoms with van der Waals surface area (Å²) in [6.07, 6.45) is 5.76. The SMILES string of the molecule is Cc1cc(N/C(=N\O)c2nonc2NC2CCN(S(C)(=O)=O)C3CCCCC23)ccc1Cl. The fraction of sp³-hybridized carbons (Fsp3) is 0.550. The Balaban J connectivity index is 1.53. The van der Waals surface area contributed by atoms with Crippen molar-refractivity contribution in [1.29, 1.82) is 0 Å². The zero-order chi connectivity index (χ0) is 22.9. The van der Waals surface area contributed by atoms with Crippen LogP contribution in [0.15, 0.2) is 28.0 Å². The number of fused-ring (bicyclic) bond motifs is 1. The van der Waals surface area contributed by atoms with Crippen molar-refractivity contribution in [3.8, 4) is 0 Å². The van der Waals surface area contributed by atoms with Gasteiger partial charge < -0.3 is 15.8 Å². The maximum absolute atomic E-state index is 12.3. The Hall–Kier alpha value is -2.37. The fourth-order valence-electron chi connectivity index (χ4n) is 4.81. The van der Waals surface area contributed by atoms with Crippen LogP contribution < -0.4 is 10.6 Å². The third-order valence-corrected chi connectivity index (χ3v) is 8.04. The van der Waals surface area contributed by atoms with E-state index in [1.54, 1.807) is 16.4 Å². The normalized spacial score (nSPS) is 24.7. The molecule has 174 valence electrons. The lowest BCUT2D eigenvalue weighted by atomic mass is 9.76. The highest BCUT2D eigenvalue weighted by molar-refractivity contribution is 7.88. The highest BCUT2D eigenvalue weighted by Gasteiger charge is 2.43. The molecule has 1 aliphatic carbocycles. The number of nitrogens with one attached hydrogen (secondary N) is 2. The van der Waals surface area contributed by atoms with Crippen molar-refractivity contribution in [3.63, 3.8) is 0 Å². The zero-order valence-electron chi connectivity index (χ0n) is 18.0. The third kappa shape index (κ3) is 4.69. The van der Waals surface area contributed by atoms with Gasteiger partial charge in [-0.3, -0.25) is 0 Å². The van der Waals surface area contributed by atoms with Crippen LogP contribution in [0.5, 0.6) is 0 Å². The predicted octanol–water partition coefficient (Wildman–Crippen LogP) is 3.28. The molecule has 2 heterocycles. The summed E-state index contributed by atoms with van der Waals surface area (Å²) in [6.45, 7) is 2.32. The van der Waals surface area contributed by atoms with Crippen LogP contribution in [0.2, 0.25) is 5.02 Å². The number of hydrogen-bond donors (Lipinski definition) is 3. The summed E-state index contributed by atoms with van der Waals surface area (Å²) in [4.78, 5) is 0. The fourth-order valence-corrected chi connectivity index (χ4v) is 6.12. The molecule has 1 aliphatic heterocycles. The van der Waals surface area contributed by atoms with E-state index in [1.165, 1.54) is 6.26 Å². The number of benzene rings is 1. The van der Waals surface area contributed by atoms with Crippen molar-refractivity contribution >= 4 is 39.0 Å². The molecule has 2 fully saturated rings. The van der Waals surface area contributed by atoms with Crippen molar-refractivity contribution < 1.29 is 18.3 Å². The minimum atomic E-state index is -3.26. The van der Waals surface area contributed by atoms with Gasteiger partial charge in [-0.1, -0.05) is 29.6 Å². The molecular formula is C20H27ClN6O4S. The molecule has 0 radical (unpaired) electrons. The first-order chi connectivity index (χ1) is 15.3. The molecule has 0 spiro atoms. The number of sulfonamides is 1. The first-order valence-electron chi connectivity index (χ1n) is 10.6. The average Bonchev–Trinajstić information content (AvgIpc) is 3.22. The minimum absolute atomic E-state index is 0.00155. The van der Waals surface area contributed by atoms with E-state index in [0.717, 1.165) is 31.2 Å². The van der Waals surface area contributed by atoms with Crippen molar-refractivity contribution in [2.24, 2.45) is 11.1 Å². The van der Waals surface area contributed by atoms with E-state index in [-0.39, 0.29) is 29.5 Å². The number of rotatable bonds is 5. The quantitative estimate of drug-likeness (QED) is 0.256. The van der Waals surface area contributed by atoms with E-state index in [4.69, 9.17) is 16.2 Å². The average molecular weight is 483 g/mol. The summed E-state index contributed by atoms with van der Waals surface area (Å²) >= 11 is 6.08. The van der Waals surface area contributed by atoms with Gasteiger partial charge in [-0.2, -0.15) is 4.31 Å². The lowest BCUT2D eigenvalue weighted by Gasteiger charge is -2.47. The van der Waals surface area contributed by atoms with E-state index < -0.39 is 10.0 Å². The topological polar surface area (TPSA) is 133 Å². The number of piperidine rings is 1. The molecule has 0 amide bonds. The van der Waals surface area contributed by atoms with E-state index in [0.29, 0.717) is 29.5 Å². The Morgan fingerprint density at radius 1 is 1.28 bits per heavy atom. The Morgan fingerprint density at radius 2 is 2.06 bits per heavy atom. The molecule has 2 aliphatic rings. The molecule has 2 aromatic rings. The molecule has 1 saturated carbocycles. The van der Waals surface area contributed by atoms with Crippen LogP contribution >= 0.6 is 11.6 Å². The molecule has 3 unspecified atom stereocenters. The Bertz CT molecular complexity index is 1110. The number of amidine groups is 1. The smallest absolute Gasteiger partial charge is 0.211 e. The van der Waals surface area contributed by atoms with Crippen LogP contribution in [0.1, 0.15) is 43.4 Å². The summed E-state index contributed by atoms with van der Waals surface area (Å²) in [6, 6.07) is 5.29. The van der Waals surface area contributed by atoms with Crippen molar-refractivity contribution in [3.05, 3.63) is 34.5 Å². The summed E-state index contributed by atoms with van der Waals surface area (Å²) in [5.41, 5.74) is 1.77. The van der Waals surface area contributed by atoms with Gasteiger partial charge in [0.1, 0.15) is 0 Å². The highest BCUT2D eigenvalue weighted by atomic mass is 35.5. The largest absolute Gasteiger partial charge is 0.409 e. The number of oxime groups is 1. The van der Waals surface area contributed by atoms with Gasteiger partial charge in [0.15, 0.2) is 5.69 Å². The number of anilines is 2. The molecule has 3 atom stereocenters. The zero-order valence-corrected chi connectivity index (χ0v) is 19.5. The van der Waals surface area contributed by atoms with Crippen molar-refractivity contribution in [1.82, 2.24) is 14.6 Å². The Labute approximate surface area is 192 Å². The van der Waals surface area contributed by atoms with E-state index in [2.05, 4.69) is 26.1 Å². The molecule has 32 heavy (non-hydrogen) atoms. The summed E-state index contributed by atoms with van der Waals surface area (Å²) < 4.78 is 31.1. The molecule has 1 saturated heterocycles. The monoisotopic (exact) mass is 482 g/mol. The summed E-state index contributed by atoms with van der Waals surface area (Å²) in [7, 11) is -3.26. The number of aromatic nitrogens is 2. The van der Waals surface area contributed by atoms with E-state index in [1.807, 2.05) is 13.0 Å². The van der Waals surface area contributed by atoms with Crippen LogP contribution in [-0.4, -0.2) is 59.0 Å². The van der Waals surface area contributed by atoms with Crippen LogP contribution in [0, 0.1) is 12.8 Å². The van der Waals surface area contributed by atoms with Gasteiger partial charge in [-0.25, -0.2) is 13.0 Å². The van der Waals surface area contributed by atoms with Crippen molar-refractivity contribution in [2.75, 3.05) is 23.4 Å². The minimum Gasteiger partial charge on any atom is -0.409 e. The molecule has 10 nitrogen and oxygen atoms in total. The van der Waals surface area contributed by atoms with E-state index >= 15 is 0 Å². The number of hydrogen-bond acceptors (Lipinski definition) is 8.